The predicted octanol–water partition coefficient (Wildman–Crippen LogP) is 3.23. The van der Waals surface area contributed by atoms with Gasteiger partial charge >= 0.3 is 0 Å². The Balaban J connectivity index is 3.01. The van der Waals surface area contributed by atoms with Crippen LogP contribution in [0.1, 0.15) is 11.1 Å². The molecule has 1 rings (SSSR count). The van der Waals surface area contributed by atoms with Gasteiger partial charge in [0, 0.05) is 18.1 Å². The van der Waals surface area contributed by atoms with Crippen LogP contribution >= 0.6 is 27.5 Å². The van der Waals surface area contributed by atoms with Crippen LogP contribution in [0.3, 0.4) is 0 Å². The van der Waals surface area contributed by atoms with Crippen LogP contribution in [0.2, 0.25) is 5.02 Å². The number of halogens is 2. The van der Waals surface area contributed by atoms with Crippen LogP contribution < -0.4 is 0 Å². The Morgan fingerprint density at radius 3 is 2.69 bits per heavy atom. The lowest BCUT2D eigenvalue weighted by Gasteiger charge is -2.11. The zero-order valence-electron chi connectivity index (χ0n) is 7.51. The van der Waals surface area contributed by atoms with Gasteiger partial charge in [-0.25, -0.2) is 0 Å². The molecule has 13 heavy (non-hydrogen) atoms. The normalized spacial score (nSPS) is 10.9. The second kappa shape index (κ2) is 4.42. The van der Waals surface area contributed by atoms with E-state index in [9.17, 15) is 0 Å². The van der Waals surface area contributed by atoms with E-state index in [0.29, 0.717) is 11.6 Å². The molecule has 0 fully saturated rings. The molecular formula is C9H11BrClNO. The molecule has 1 N–H and O–H groups in total. The molecule has 0 aliphatic rings. The van der Waals surface area contributed by atoms with Crippen molar-refractivity contribution < 1.29 is 5.21 Å². The zero-order chi connectivity index (χ0) is 10.0. The van der Waals surface area contributed by atoms with Crippen molar-refractivity contribution in [2.45, 2.75) is 13.5 Å². The summed E-state index contributed by atoms with van der Waals surface area (Å²) >= 11 is 9.24. The molecule has 72 valence electrons. The Hall–Kier alpha value is -0.0900. The first-order chi connectivity index (χ1) is 6.00. The molecule has 0 aliphatic carbocycles. The van der Waals surface area contributed by atoms with Crippen LogP contribution in [0.25, 0.3) is 0 Å². The summed E-state index contributed by atoms with van der Waals surface area (Å²) in [6, 6.07) is 3.80. The fourth-order valence-electron chi connectivity index (χ4n) is 1.10. The fraction of sp³-hybridized carbons (Fsp3) is 0.333. The molecule has 0 heterocycles. The van der Waals surface area contributed by atoms with E-state index >= 15 is 0 Å². The summed E-state index contributed by atoms with van der Waals surface area (Å²) in [6.07, 6.45) is 0. The van der Waals surface area contributed by atoms with Crippen LogP contribution in [0.5, 0.6) is 0 Å². The van der Waals surface area contributed by atoms with Crippen molar-refractivity contribution in [1.82, 2.24) is 5.06 Å². The number of hydroxylamine groups is 2. The van der Waals surface area contributed by atoms with Crippen LogP contribution in [-0.4, -0.2) is 17.3 Å². The smallest absolute Gasteiger partial charge is 0.0550 e. The molecule has 0 saturated carbocycles. The number of hydrogen-bond acceptors (Lipinski definition) is 2. The van der Waals surface area contributed by atoms with E-state index in [2.05, 4.69) is 15.9 Å². The summed E-state index contributed by atoms with van der Waals surface area (Å²) in [7, 11) is 1.61. The van der Waals surface area contributed by atoms with E-state index in [1.165, 1.54) is 0 Å². The molecule has 1 aromatic carbocycles. The maximum absolute atomic E-state index is 9.08. The highest BCUT2D eigenvalue weighted by Gasteiger charge is 2.05. The molecule has 0 unspecified atom stereocenters. The number of rotatable bonds is 2. The monoisotopic (exact) mass is 263 g/mol. The lowest BCUT2D eigenvalue weighted by Crippen LogP contribution is -2.12. The van der Waals surface area contributed by atoms with Crippen LogP contribution in [0.4, 0.5) is 0 Å². The van der Waals surface area contributed by atoms with Gasteiger partial charge in [0.25, 0.3) is 0 Å². The number of hydrogen-bond donors (Lipinski definition) is 1. The Kier molecular flexibility index (Phi) is 3.74. The number of nitrogens with zero attached hydrogens (tertiary/aromatic N) is 1. The molecular weight excluding hydrogens is 253 g/mol. The Morgan fingerprint density at radius 2 is 2.15 bits per heavy atom. The lowest BCUT2D eigenvalue weighted by molar-refractivity contribution is -0.0732. The number of aryl methyl sites for hydroxylation is 1. The molecule has 4 heteroatoms. The maximum atomic E-state index is 9.08. The van der Waals surface area contributed by atoms with Gasteiger partial charge < -0.3 is 5.21 Å². The van der Waals surface area contributed by atoms with Crippen molar-refractivity contribution >= 4 is 27.5 Å². The van der Waals surface area contributed by atoms with E-state index in [1.54, 1.807) is 7.05 Å². The summed E-state index contributed by atoms with van der Waals surface area (Å²) in [5, 5.41) is 10.9. The first kappa shape index (κ1) is 11.0. The van der Waals surface area contributed by atoms with Gasteiger partial charge in [0.2, 0.25) is 0 Å². The van der Waals surface area contributed by atoms with Crippen molar-refractivity contribution in [2.24, 2.45) is 0 Å². The van der Waals surface area contributed by atoms with E-state index in [1.807, 2.05) is 19.1 Å². The molecule has 2 nitrogen and oxygen atoms in total. The van der Waals surface area contributed by atoms with Crippen LogP contribution in [0.15, 0.2) is 16.6 Å². The zero-order valence-corrected chi connectivity index (χ0v) is 9.85. The summed E-state index contributed by atoms with van der Waals surface area (Å²) in [4.78, 5) is 0. The van der Waals surface area contributed by atoms with Gasteiger partial charge in [0.1, 0.15) is 0 Å². The minimum absolute atomic E-state index is 0.502. The molecule has 0 atom stereocenters. The summed E-state index contributed by atoms with van der Waals surface area (Å²) in [6.45, 7) is 2.47. The van der Waals surface area contributed by atoms with Crippen molar-refractivity contribution in [3.63, 3.8) is 0 Å². The number of benzene rings is 1. The van der Waals surface area contributed by atoms with E-state index in [-0.39, 0.29) is 0 Å². The van der Waals surface area contributed by atoms with E-state index in [4.69, 9.17) is 16.8 Å². The lowest BCUT2D eigenvalue weighted by atomic mass is 10.1. The molecule has 0 amide bonds. The second-order valence-corrected chi connectivity index (χ2v) is 4.27. The fourth-order valence-corrected chi connectivity index (χ4v) is 1.71. The Morgan fingerprint density at radius 1 is 1.54 bits per heavy atom. The first-order valence-corrected chi connectivity index (χ1v) is 5.02. The Labute approximate surface area is 91.2 Å². The third kappa shape index (κ3) is 2.95. The minimum atomic E-state index is 0.502. The van der Waals surface area contributed by atoms with E-state index < -0.39 is 0 Å². The first-order valence-electron chi connectivity index (χ1n) is 3.85. The molecule has 0 saturated heterocycles. The molecule has 0 bridgehead atoms. The topological polar surface area (TPSA) is 23.5 Å². The van der Waals surface area contributed by atoms with Gasteiger partial charge in [0.05, 0.1) is 5.02 Å². The van der Waals surface area contributed by atoms with Crippen molar-refractivity contribution in [3.8, 4) is 0 Å². The van der Waals surface area contributed by atoms with Gasteiger partial charge in [0.15, 0.2) is 0 Å². The third-order valence-corrected chi connectivity index (χ3v) is 2.98. The molecule has 0 aliphatic heterocycles. The highest BCUT2D eigenvalue weighted by molar-refractivity contribution is 9.10. The van der Waals surface area contributed by atoms with Gasteiger partial charge in [-0.1, -0.05) is 11.6 Å². The SMILES string of the molecule is Cc1cc(Cl)c(Br)cc1CN(C)O. The second-order valence-electron chi connectivity index (χ2n) is 3.01. The quantitative estimate of drug-likeness (QED) is 0.829. The van der Waals surface area contributed by atoms with E-state index in [0.717, 1.165) is 20.7 Å². The standard InChI is InChI=1S/C9H11BrClNO/c1-6-3-9(11)8(10)4-7(6)5-12(2)13/h3-4,13H,5H2,1-2H3. The highest BCUT2D eigenvalue weighted by atomic mass is 79.9. The minimum Gasteiger partial charge on any atom is -0.314 e. The van der Waals surface area contributed by atoms with Gasteiger partial charge in [-0.05, 0) is 46.1 Å². The molecule has 1 aromatic rings. The molecule has 0 radical (unpaired) electrons. The molecule has 0 aromatic heterocycles. The van der Waals surface area contributed by atoms with Gasteiger partial charge in [-0.2, -0.15) is 5.06 Å². The van der Waals surface area contributed by atoms with Crippen molar-refractivity contribution in [1.29, 1.82) is 0 Å². The average molecular weight is 265 g/mol. The summed E-state index contributed by atoms with van der Waals surface area (Å²) in [5.74, 6) is 0. The average Bonchev–Trinajstić information content (AvgIpc) is 1.99. The maximum Gasteiger partial charge on any atom is 0.0550 e. The van der Waals surface area contributed by atoms with Crippen molar-refractivity contribution in [3.05, 3.63) is 32.8 Å². The predicted molar refractivity (Wildman–Crippen MR) is 57.1 cm³/mol. The summed E-state index contributed by atoms with van der Waals surface area (Å²) in [5.41, 5.74) is 2.13. The van der Waals surface area contributed by atoms with Crippen LogP contribution in [-0.2, 0) is 6.54 Å². The van der Waals surface area contributed by atoms with Gasteiger partial charge in [-0.15, -0.1) is 0 Å². The third-order valence-electron chi connectivity index (χ3n) is 1.78. The van der Waals surface area contributed by atoms with Crippen molar-refractivity contribution in [2.75, 3.05) is 7.05 Å². The Bertz CT molecular complexity index is 315. The molecule has 0 spiro atoms. The highest BCUT2D eigenvalue weighted by Crippen LogP contribution is 2.26. The van der Waals surface area contributed by atoms with Gasteiger partial charge in [-0.3, -0.25) is 0 Å². The summed E-state index contributed by atoms with van der Waals surface area (Å²) < 4.78 is 0.858. The largest absolute Gasteiger partial charge is 0.314 e. The van der Waals surface area contributed by atoms with Crippen LogP contribution in [0, 0.1) is 6.92 Å².